The monoisotopic (exact) mass is 587 g/mol. The van der Waals surface area contributed by atoms with Crippen molar-refractivity contribution in [3.63, 3.8) is 0 Å². The van der Waals surface area contributed by atoms with Crippen LogP contribution in [0.25, 0.3) is 10.8 Å². The Bertz CT molecular complexity index is 1570. The van der Waals surface area contributed by atoms with Crippen LogP contribution in [0, 0.1) is 5.41 Å². The van der Waals surface area contributed by atoms with Crippen LogP contribution >= 0.6 is 11.6 Å². The maximum atomic E-state index is 13.3. The zero-order chi connectivity index (χ0) is 29.0. The number of ether oxygens (including phenoxy) is 2. The van der Waals surface area contributed by atoms with Crippen molar-refractivity contribution in [2.75, 3.05) is 45.3 Å². The first kappa shape index (κ1) is 28.8. The van der Waals surface area contributed by atoms with E-state index in [4.69, 9.17) is 21.7 Å². The number of fused-ring (bicyclic) bond motifs is 1. The Hall–Kier alpha value is -4.20. The van der Waals surface area contributed by atoms with Gasteiger partial charge in [-0.25, -0.2) is 22.9 Å². The van der Waals surface area contributed by atoms with E-state index in [1.807, 2.05) is 0 Å². The molecule has 210 valence electrons. The highest BCUT2D eigenvalue weighted by molar-refractivity contribution is 7.89. The van der Waals surface area contributed by atoms with Gasteiger partial charge < -0.3 is 14.4 Å². The van der Waals surface area contributed by atoms with Crippen molar-refractivity contribution in [1.82, 2.24) is 14.5 Å². The number of rotatable bonds is 4. The van der Waals surface area contributed by atoms with Crippen LogP contribution in [-0.4, -0.2) is 82.1 Å². The van der Waals surface area contributed by atoms with Crippen molar-refractivity contribution in [3.05, 3.63) is 71.2 Å². The van der Waals surface area contributed by atoms with E-state index in [-0.39, 0.29) is 42.7 Å². The molecule has 40 heavy (non-hydrogen) atoms. The Morgan fingerprint density at radius 3 is 2.15 bits per heavy atom. The van der Waals surface area contributed by atoms with Crippen LogP contribution in [0.2, 0.25) is 5.02 Å². The highest BCUT2D eigenvalue weighted by Gasteiger charge is 2.31. The van der Waals surface area contributed by atoms with Crippen molar-refractivity contribution in [3.8, 4) is 0 Å². The van der Waals surface area contributed by atoms with Crippen molar-refractivity contribution in [1.29, 1.82) is 5.41 Å². The summed E-state index contributed by atoms with van der Waals surface area (Å²) in [6, 6.07) is 15.9. The topological polar surface area (TPSA) is 149 Å². The van der Waals surface area contributed by atoms with Crippen LogP contribution in [0.4, 0.5) is 15.3 Å². The first-order valence-corrected chi connectivity index (χ1v) is 13.8. The molecule has 1 fully saturated rings. The SMILES string of the molecule is COC(=O)NC(=N)N(C(=O)OC)c1ccc(C(=O)N2CCN(S(=O)(=O)c3ccc4cc(Cl)ccc4c3)CC2)cc1. The van der Waals surface area contributed by atoms with E-state index in [9.17, 15) is 22.8 Å². The van der Waals surface area contributed by atoms with E-state index in [1.54, 1.807) is 41.3 Å². The number of methoxy groups -OCH3 is 2. The van der Waals surface area contributed by atoms with E-state index in [2.05, 4.69) is 10.1 Å². The lowest BCUT2D eigenvalue weighted by molar-refractivity contribution is 0.0698. The molecule has 3 aromatic carbocycles. The summed E-state index contributed by atoms with van der Waals surface area (Å²) in [7, 11) is -1.54. The predicted molar refractivity (Wildman–Crippen MR) is 148 cm³/mol. The molecule has 3 amide bonds. The van der Waals surface area contributed by atoms with Gasteiger partial charge in [0.15, 0.2) is 0 Å². The van der Waals surface area contributed by atoms with Crippen molar-refractivity contribution >= 4 is 62.1 Å². The molecule has 2 N–H and O–H groups in total. The number of amides is 3. The molecule has 0 saturated carbocycles. The van der Waals surface area contributed by atoms with Crippen LogP contribution < -0.4 is 10.2 Å². The van der Waals surface area contributed by atoms with Crippen molar-refractivity contribution in [2.45, 2.75) is 4.90 Å². The first-order chi connectivity index (χ1) is 19.0. The first-order valence-electron chi connectivity index (χ1n) is 12.0. The third kappa shape index (κ3) is 6.01. The normalized spacial score (nSPS) is 13.9. The molecule has 14 heteroatoms. The number of sulfonamides is 1. The molecule has 1 saturated heterocycles. The van der Waals surface area contributed by atoms with Gasteiger partial charge in [-0.15, -0.1) is 0 Å². The van der Waals surface area contributed by atoms with Gasteiger partial charge in [0, 0.05) is 36.8 Å². The number of benzene rings is 3. The summed E-state index contributed by atoms with van der Waals surface area (Å²) in [5.41, 5.74) is 0.462. The number of anilines is 1. The van der Waals surface area contributed by atoms with Gasteiger partial charge in [-0.1, -0.05) is 23.7 Å². The number of alkyl carbamates (subject to hydrolysis) is 1. The number of nitrogens with one attached hydrogen (secondary N) is 2. The minimum absolute atomic E-state index is 0.122. The van der Waals surface area contributed by atoms with Crippen LogP contribution in [0.1, 0.15) is 10.4 Å². The molecule has 0 aromatic heterocycles. The number of nitrogens with zero attached hydrogens (tertiary/aromatic N) is 3. The molecule has 12 nitrogen and oxygen atoms in total. The number of hydrogen-bond acceptors (Lipinski definition) is 8. The number of guanidine groups is 1. The van der Waals surface area contributed by atoms with Crippen LogP contribution in [0.15, 0.2) is 65.6 Å². The average Bonchev–Trinajstić information content (AvgIpc) is 2.96. The summed E-state index contributed by atoms with van der Waals surface area (Å²) in [5.74, 6) is -0.927. The molecule has 3 aromatic rings. The zero-order valence-corrected chi connectivity index (χ0v) is 23.2. The average molecular weight is 588 g/mol. The second kappa shape index (κ2) is 11.9. The number of hydrogen-bond donors (Lipinski definition) is 2. The molecular weight excluding hydrogens is 562 g/mol. The summed E-state index contributed by atoms with van der Waals surface area (Å²) in [6.45, 7) is 0.616. The fourth-order valence-corrected chi connectivity index (χ4v) is 5.83. The highest BCUT2D eigenvalue weighted by atomic mass is 35.5. The Kier molecular flexibility index (Phi) is 8.57. The third-order valence-corrected chi connectivity index (χ3v) is 8.43. The Morgan fingerprint density at radius 2 is 1.52 bits per heavy atom. The molecule has 1 heterocycles. The second-order valence-corrected chi connectivity index (χ2v) is 11.0. The predicted octanol–water partition coefficient (Wildman–Crippen LogP) is 3.50. The standard InChI is InChI=1S/C26H26ClN5O7S/c1-38-25(34)29-24(28)32(26(35)39-2)21-8-4-17(5-9-21)23(33)30-11-13-31(14-12-30)40(36,37)22-10-6-18-15-20(27)7-3-19(18)16-22/h3-10,15-16H,11-14H2,1-2H3,(H2,28,29,34). The van der Waals surface area contributed by atoms with Gasteiger partial charge in [0.1, 0.15) is 0 Å². The summed E-state index contributed by atoms with van der Waals surface area (Å²) in [6.07, 6.45) is -1.88. The fraction of sp³-hybridized carbons (Fsp3) is 0.231. The van der Waals surface area contributed by atoms with Crippen molar-refractivity contribution in [2.24, 2.45) is 0 Å². The third-order valence-electron chi connectivity index (χ3n) is 6.30. The van der Waals surface area contributed by atoms with Gasteiger partial charge in [0.05, 0.1) is 24.8 Å². The van der Waals surface area contributed by atoms with Crippen LogP contribution in [0.5, 0.6) is 0 Å². The Labute approximate surface area is 235 Å². The van der Waals surface area contributed by atoms with E-state index in [1.165, 1.54) is 28.6 Å². The lowest BCUT2D eigenvalue weighted by Gasteiger charge is -2.34. The van der Waals surface area contributed by atoms with Gasteiger partial charge in [-0.05, 0) is 59.3 Å². The molecule has 0 atom stereocenters. The summed E-state index contributed by atoms with van der Waals surface area (Å²) in [5, 5.41) is 12.2. The molecular formula is C26H26ClN5O7S. The number of halogens is 1. The number of carbonyl (C=O) groups is 3. The molecule has 0 radical (unpaired) electrons. The van der Waals surface area contributed by atoms with Gasteiger partial charge in [0.25, 0.3) is 5.91 Å². The number of carbonyl (C=O) groups excluding carboxylic acids is 3. The van der Waals surface area contributed by atoms with E-state index >= 15 is 0 Å². The highest BCUT2D eigenvalue weighted by Crippen LogP contribution is 2.25. The van der Waals surface area contributed by atoms with Crippen molar-refractivity contribution < 1.29 is 32.3 Å². The lowest BCUT2D eigenvalue weighted by Crippen LogP contribution is -2.50. The van der Waals surface area contributed by atoms with Gasteiger partial charge in [-0.3, -0.25) is 15.5 Å². The maximum Gasteiger partial charge on any atom is 0.421 e. The maximum absolute atomic E-state index is 13.3. The van der Waals surface area contributed by atoms with Crippen LogP contribution in [0.3, 0.4) is 0 Å². The van der Waals surface area contributed by atoms with E-state index in [0.717, 1.165) is 29.9 Å². The largest absolute Gasteiger partial charge is 0.453 e. The minimum Gasteiger partial charge on any atom is -0.453 e. The smallest absolute Gasteiger partial charge is 0.421 e. The molecule has 1 aliphatic rings. The van der Waals surface area contributed by atoms with Gasteiger partial charge >= 0.3 is 12.2 Å². The van der Waals surface area contributed by atoms with Gasteiger partial charge in [0.2, 0.25) is 16.0 Å². The Morgan fingerprint density at radius 1 is 0.900 bits per heavy atom. The molecule has 1 aliphatic heterocycles. The quantitative estimate of drug-likeness (QED) is 0.350. The zero-order valence-electron chi connectivity index (χ0n) is 21.6. The minimum atomic E-state index is -3.77. The summed E-state index contributed by atoms with van der Waals surface area (Å²) >= 11 is 6.02. The Balaban J connectivity index is 1.43. The van der Waals surface area contributed by atoms with E-state index < -0.39 is 28.2 Å². The number of piperazine rings is 1. The van der Waals surface area contributed by atoms with Gasteiger partial charge in [-0.2, -0.15) is 4.31 Å². The lowest BCUT2D eigenvalue weighted by atomic mass is 10.1. The molecule has 0 bridgehead atoms. The molecule has 4 rings (SSSR count). The fourth-order valence-electron chi connectivity index (χ4n) is 4.19. The summed E-state index contributed by atoms with van der Waals surface area (Å²) < 4.78 is 37.0. The second-order valence-electron chi connectivity index (χ2n) is 8.67. The van der Waals surface area contributed by atoms with Crippen LogP contribution in [-0.2, 0) is 19.5 Å². The molecule has 0 aliphatic carbocycles. The molecule has 0 spiro atoms. The molecule has 0 unspecified atom stereocenters. The van der Waals surface area contributed by atoms with E-state index in [0.29, 0.717) is 10.6 Å². The summed E-state index contributed by atoms with van der Waals surface area (Å²) in [4.78, 5) is 39.3.